The Morgan fingerprint density at radius 2 is 1.93 bits per heavy atom. The quantitative estimate of drug-likeness (QED) is 0.422. The number of aliphatic hydroxyl groups is 2. The average Bonchev–Trinajstić information content (AvgIpc) is 3.25. The number of fused-ring (bicyclic) bond motifs is 1. The van der Waals surface area contributed by atoms with E-state index >= 15 is 0 Å². The number of likely N-dealkylation sites (N-methyl/N-ethyl adjacent to an activating group) is 1. The van der Waals surface area contributed by atoms with Crippen LogP contribution < -0.4 is 10.6 Å². The van der Waals surface area contributed by atoms with Crippen LogP contribution in [0.3, 0.4) is 0 Å². The highest BCUT2D eigenvalue weighted by Gasteiger charge is 2.47. The van der Waals surface area contributed by atoms with Crippen LogP contribution in [0.4, 0.5) is 11.5 Å². The lowest BCUT2D eigenvalue weighted by atomic mass is 10.1. The summed E-state index contributed by atoms with van der Waals surface area (Å²) in [6.07, 6.45) is -3.85. The summed E-state index contributed by atoms with van der Waals surface area (Å²) >= 11 is 18.1. The fourth-order valence-electron chi connectivity index (χ4n) is 3.12. The van der Waals surface area contributed by atoms with Crippen molar-refractivity contribution in [1.82, 2.24) is 24.8 Å². The van der Waals surface area contributed by atoms with Gasteiger partial charge in [-0.25, -0.2) is 4.98 Å². The Kier molecular flexibility index (Phi) is 5.71. The molecule has 0 spiro atoms. The van der Waals surface area contributed by atoms with Crippen LogP contribution in [0, 0.1) is 0 Å². The molecule has 10 nitrogen and oxygen atoms in total. The normalized spacial score (nSPS) is 23.7. The first kappa shape index (κ1) is 21.0. The standard InChI is InChI=1S/C17H15Cl3N6O4/c1-21-15(29)12-10(27)11(28)16(30-12)26-5-22-9-13(24-17(20)25-14(9)26)23-6-2-3-7(18)8(19)4-6/h2-5,10-12,16,27-28H,1H3,(H,21,29)(H,23,24,25)/t10-,11+,12-,16+/m0/s1. The van der Waals surface area contributed by atoms with Gasteiger partial charge in [-0.15, -0.1) is 0 Å². The minimum absolute atomic E-state index is 0.0947. The van der Waals surface area contributed by atoms with Crippen LogP contribution in [0.25, 0.3) is 11.2 Å². The molecular weight excluding hydrogens is 459 g/mol. The first-order valence-corrected chi connectivity index (χ1v) is 9.79. The van der Waals surface area contributed by atoms with Crippen molar-refractivity contribution in [3.05, 3.63) is 39.9 Å². The maximum atomic E-state index is 11.9. The van der Waals surface area contributed by atoms with Gasteiger partial charge in [0.05, 0.1) is 16.4 Å². The Bertz CT molecular complexity index is 1130. The van der Waals surface area contributed by atoms with Crippen LogP contribution in [0.15, 0.2) is 24.5 Å². The number of benzene rings is 1. The molecule has 3 aromatic rings. The molecule has 13 heteroatoms. The summed E-state index contributed by atoms with van der Waals surface area (Å²) in [4.78, 5) is 24.5. The molecule has 158 valence electrons. The topological polar surface area (TPSA) is 134 Å². The van der Waals surface area contributed by atoms with Gasteiger partial charge in [0.1, 0.15) is 12.2 Å². The number of amides is 1. The van der Waals surface area contributed by atoms with E-state index in [0.29, 0.717) is 21.2 Å². The predicted octanol–water partition coefficient (Wildman–Crippen LogP) is 1.90. The highest BCUT2D eigenvalue weighted by Crippen LogP contribution is 2.34. The van der Waals surface area contributed by atoms with Crippen molar-refractivity contribution in [2.45, 2.75) is 24.5 Å². The Hall–Kier alpha value is -2.21. The molecule has 0 unspecified atom stereocenters. The number of anilines is 2. The lowest BCUT2D eigenvalue weighted by Crippen LogP contribution is -2.41. The number of hydrogen-bond acceptors (Lipinski definition) is 8. The zero-order valence-corrected chi connectivity index (χ0v) is 17.5. The minimum Gasteiger partial charge on any atom is -0.387 e. The van der Waals surface area contributed by atoms with Crippen LogP contribution >= 0.6 is 34.8 Å². The summed E-state index contributed by atoms with van der Waals surface area (Å²) in [5, 5.41) is 26.7. The van der Waals surface area contributed by atoms with E-state index in [2.05, 4.69) is 25.6 Å². The molecule has 2 aromatic heterocycles. The number of hydrogen-bond donors (Lipinski definition) is 4. The number of imidazole rings is 1. The van der Waals surface area contributed by atoms with Crippen molar-refractivity contribution < 1.29 is 19.7 Å². The van der Waals surface area contributed by atoms with Crippen LogP contribution in [0.2, 0.25) is 15.3 Å². The third kappa shape index (κ3) is 3.66. The third-order valence-electron chi connectivity index (χ3n) is 4.59. The van der Waals surface area contributed by atoms with Crippen LogP contribution in [-0.2, 0) is 9.53 Å². The summed E-state index contributed by atoms with van der Waals surface area (Å²) in [7, 11) is 1.40. The van der Waals surface area contributed by atoms with Crippen LogP contribution in [0.5, 0.6) is 0 Å². The third-order valence-corrected chi connectivity index (χ3v) is 5.50. The maximum absolute atomic E-state index is 11.9. The molecule has 1 saturated heterocycles. The molecule has 0 radical (unpaired) electrons. The van der Waals surface area contributed by atoms with E-state index in [-0.39, 0.29) is 16.7 Å². The van der Waals surface area contributed by atoms with Crippen molar-refractivity contribution in [3.63, 3.8) is 0 Å². The van der Waals surface area contributed by atoms with Crippen molar-refractivity contribution >= 4 is 63.4 Å². The second-order valence-electron chi connectivity index (χ2n) is 6.46. The molecular formula is C17H15Cl3N6O4. The first-order valence-electron chi connectivity index (χ1n) is 8.65. The summed E-state index contributed by atoms with van der Waals surface area (Å²) in [5.74, 6) is -0.291. The minimum atomic E-state index is -1.43. The second-order valence-corrected chi connectivity index (χ2v) is 7.61. The molecule has 1 aliphatic heterocycles. The van der Waals surface area contributed by atoms with Gasteiger partial charge in [-0.1, -0.05) is 23.2 Å². The number of aromatic nitrogens is 4. The van der Waals surface area contributed by atoms with E-state index in [9.17, 15) is 15.0 Å². The first-order chi connectivity index (χ1) is 14.3. The number of nitrogens with one attached hydrogen (secondary N) is 2. The van der Waals surface area contributed by atoms with Gasteiger partial charge in [-0.05, 0) is 29.8 Å². The van der Waals surface area contributed by atoms with Gasteiger partial charge >= 0.3 is 0 Å². The van der Waals surface area contributed by atoms with Crippen molar-refractivity contribution in [1.29, 1.82) is 0 Å². The van der Waals surface area contributed by atoms with Gasteiger partial charge in [0, 0.05) is 12.7 Å². The van der Waals surface area contributed by atoms with Crippen LogP contribution in [-0.4, -0.2) is 61.0 Å². The fraction of sp³-hybridized carbons (Fsp3) is 0.294. The van der Waals surface area contributed by atoms with E-state index in [1.807, 2.05) is 0 Å². The molecule has 1 aromatic carbocycles. The number of aliphatic hydroxyl groups excluding tert-OH is 2. The molecule has 4 rings (SSSR count). The molecule has 30 heavy (non-hydrogen) atoms. The molecule has 0 saturated carbocycles. The number of carbonyl (C=O) groups excluding carboxylic acids is 1. The second kappa shape index (κ2) is 8.14. The molecule has 0 aliphatic carbocycles. The largest absolute Gasteiger partial charge is 0.387 e. The number of carbonyl (C=O) groups is 1. The van der Waals surface area contributed by atoms with Crippen molar-refractivity contribution in [2.24, 2.45) is 0 Å². The van der Waals surface area contributed by atoms with E-state index in [0.717, 1.165) is 0 Å². The zero-order valence-electron chi connectivity index (χ0n) is 15.3. The number of nitrogens with zero attached hydrogens (tertiary/aromatic N) is 4. The van der Waals surface area contributed by atoms with Gasteiger partial charge in [0.25, 0.3) is 5.91 Å². The number of rotatable bonds is 4. The van der Waals surface area contributed by atoms with E-state index in [1.54, 1.807) is 18.2 Å². The Morgan fingerprint density at radius 1 is 1.17 bits per heavy atom. The molecule has 0 bridgehead atoms. The van der Waals surface area contributed by atoms with Gasteiger partial charge < -0.3 is 25.6 Å². The van der Waals surface area contributed by atoms with Crippen molar-refractivity contribution in [2.75, 3.05) is 12.4 Å². The highest BCUT2D eigenvalue weighted by molar-refractivity contribution is 6.42. The monoisotopic (exact) mass is 472 g/mol. The SMILES string of the molecule is CNC(=O)[C@H]1O[C@@H](n2cnc3c(Nc4ccc(Cl)c(Cl)c4)nc(Cl)nc32)[C@H](O)[C@@H]1O. The van der Waals surface area contributed by atoms with Crippen LogP contribution in [0.1, 0.15) is 6.23 Å². The molecule has 4 N–H and O–H groups in total. The summed E-state index contributed by atoms with van der Waals surface area (Å²) in [6, 6.07) is 4.92. The summed E-state index contributed by atoms with van der Waals surface area (Å²) in [5.41, 5.74) is 1.13. The van der Waals surface area contributed by atoms with Gasteiger partial charge in [-0.2, -0.15) is 9.97 Å². The summed E-state index contributed by atoms with van der Waals surface area (Å²) in [6.45, 7) is 0. The molecule has 1 fully saturated rings. The van der Waals surface area contributed by atoms with Crippen molar-refractivity contribution in [3.8, 4) is 0 Å². The maximum Gasteiger partial charge on any atom is 0.251 e. The van der Waals surface area contributed by atoms with Gasteiger partial charge in [-0.3, -0.25) is 9.36 Å². The zero-order chi connectivity index (χ0) is 21.6. The molecule has 1 amide bonds. The lowest BCUT2D eigenvalue weighted by molar-refractivity contribution is -0.137. The van der Waals surface area contributed by atoms with E-state index in [1.165, 1.54) is 17.9 Å². The molecule has 4 atom stereocenters. The fourth-order valence-corrected chi connectivity index (χ4v) is 3.58. The highest BCUT2D eigenvalue weighted by atomic mass is 35.5. The van der Waals surface area contributed by atoms with E-state index < -0.39 is 30.4 Å². The summed E-state index contributed by atoms with van der Waals surface area (Å²) < 4.78 is 6.95. The molecule has 1 aliphatic rings. The Labute approximate surface area is 184 Å². The van der Waals surface area contributed by atoms with Gasteiger partial charge in [0.15, 0.2) is 29.3 Å². The number of halogens is 3. The Balaban J connectivity index is 1.72. The number of ether oxygens (including phenoxy) is 1. The van der Waals surface area contributed by atoms with E-state index in [4.69, 9.17) is 39.5 Å². The predicted molar refractivity (Wildman–Crippen MR) is 110 cm³/mol. The smallest absolute Gasteiger partial charge is 0.251 e. The Morgan fingerprint density at radius 3 is 2.63 bits per heavy atom. The lowest BCUT2D eigenvalue weighted by Gasteiger charge is -2.16. The average molecular weight is 474 g/mol. The molecule has 3 heterocycles. The van der Waals surface area contributed by atoms with Gasteiger partial charge in [0.2, 0.25) is 5.28 Å².